The molecular weight excluding hydrogens is 290 g/mol. The van der Waals surface area contributed by atoms with Gasteiger partial charge in [0.1, 0.15) is 5.82 Å². The fourth-order valence-corrected chi connectivity index (χ4v) is 2.50. The lowest BCUT2D eigenvalue weighted by molar-refractivity contribution is 0.298. The van der Waals surface area contributed by atoms with Crippen molar-refractivity contribution in [2.45, 2.75) is 20.0 Å². The van der Waals surface area contributed by atoms with E-state index in [2.05, 4.69) is 14.9 Å². The van der Waals surface area contributed by atoms with E-state index in [4.69, 9.17) is 21.1 Å². The first-order chi connectivity index (χ1) is 10.0. The number of nitrogens with zero attached hydrogens (tertiary/aromatic N) is 2. The number of nitrogens with one attached hydrogen (secondary N) is 1. The molecule has 1 aromatic heterocycles. The van der Waals surface area contributed by atoms with Gasteiger partial charge in [0.15, 0.2) is 11.5 Å². The maximum atomic E-state index is 6.13. The molecular formula is C15H20ClN3O2. The highest BCUT2D eigenvalue weighted by Crippen LogP contribution is 2.35. The average Bonchev–Trinajstić information content (AvgIpc) is 2.83. The van der Waals surface area contributed by atoms with Crippen LogP contribution < -0.4 is 9.47 Å². The Balaban J connectivity index is 2.16. The summed E-state index contributed by atoms with van der Waals surface area (Å²) in [7, 11) is 5.25. The van der Waals surface area contributed by atoms with Gasteiger partial charge in [0, 0.05) is 35.1 Å². The van der Waals surface area contributed by atoms with Crippen molar-refractivity contribution >= 4 is 11.6 Å². The molecule has 1 N–H and O–H groups in total. The third-order valence-electron chi connectivity index (χ3n) is 3.14. The molecule has 1 aromatic carbocycles. The van der Waals surface area contributed by atoms with Gasteiger partial charge in [-0.3, -0.25) is 4.90 Å². The summed E-state index contributed by atoms with van der Waals surface area (Å²) >= 11 is 6.13. The van der Waals surface area contributed by atoms with Gasteiger partial charge in [-0.15, -0.1) is 0 Å². The highest BCUT2D eigenvalue weighted by Gasteiger charge is 2.14. The molecule has 114 valence electrons. The van der Waals surface area contributed by atoms with Crippen molar-refractivity contribution < 1.29 is 9.47 Å². The summed E-state index contributed by atoms with van der Waals surface area (Å²) in [4.78, 5) is 9.66. The van der Waals surface area contributed by atoms with E-state index in [0.717, 1.165) is 17.1 Å². The Hall–Kier alpha value is -1.72. The lowest BCUT2D eigenvalue weighted by atomic mass is 10.1. The number of halogens is 1. The topological polar surface area (TPSA) is 50.4 Å². The Kier molecular flexibility index (Phi) is 5.09. The first-order valence-electron chi connectivity index (χ1n) is 6.63. The molecule has 2 rings (SSSR count). The zero-order chi connectivity index (χ0) is 15.4. The van der Waals surface area contributed by atoms with Crippen molar-refractivity contribution in [3.8, 4) is 11.5 Å². The minimum Gasteiger partial charge on any atom is -0.493 e. The van der Waals surface area contributed by atoms with Crippen LogP contribution in [0.25, 0.3) is 0 Å². The number of ether oxygens (including phenoxy) is 2. The van der Waals surface area contributed by atoms with Crippen molar-refractivity contribution in [3.63, 3.8) is 0 Å². The molecule has 0 amide bonds. The van der Waals surface area contributed by atoms with E-state index in [9.17, 15) is 0 Å². The summed E-state index contributed by atoms with van der Waals surface area (Å²) in [5.41, 5.74) is 2.04. The number of hydrogen-bond acceptors (Lipinski definition) is 4. The minimum absolute atomic E-state index is 0.630. The number of rotatable bonds is 6. The van der Waals surface area contributed by atoms with E-state index < -0.39 is 0 Å². The van der Waals surface area contributed by atoms with Crippen LogP contribution in [-0.2, 0) is 13.1 Å². The molecule has 0 fully saturated rings. The third kappa shape index (κ3) is 3.89. The molecule has 0 unspecified atom stereocenters. The minimum atomic E-state index is 0.630. The molecule has 1 heterocycles. The van der Waals surface area contributed by atoms with E-state index in [0.29, 0.717) is 29.6 Å². The van der Waals surface area contributed by atoms with Gasteiger partial charge >= 0.3 is 0 Å². The van der Waals surface area contributed by atoms with Gasteiger partial charge in [-0.1, -0.05) is 11.6 Å². The SMILES string of the molecule is COc1cc(Cl)cc(CN(C)Cc2ncc(C)[nH]2)c1OC. The Labute approximate surface area is 129 Å². The summed E-state index contributed by atoms with van der Waals surface area (Å²) in [6, 6.07) is 3.65. The Morgan fingerprint density at radius 1 is 1.24 bits per heavy atom. The third-order valence-corrected chi connectivity index (χ3v) is 3.35. The van der Waals surface area contributed by atoms with E-state index >= 15 is 0 Å². The van der Waals surface area contributed by atoms with E-state index in [1.54, 1.807) is 20.3 Å². The van der Waals surface area contributed by atoms with Crippen molar-refractivity contribution in [3.05, 3.63) is 40.4 Å². The van der Waals surface area contributed by atoms with Crippen LogP contribution >= 0.6 is 11.6 Å². The Bertz CT molecular complexity index is 613. The number of benzene rings is 1. The predicted molar refractivity (Wildman–Crippen MR) is 83.1 cm³/mol. The van der Waals surface area contributed by atoms with E-state index in [1.165, 1.54) is 0 Å². The van der Waals surface area contributed by atoms with E-state index in [-0.39, 0.29) is 0 Å². The zero-order valence-corrected chi connectivity index (χ0v) is 13.5. The zero-order valence-electron chi connectivity index (χ0n) is 12.7. The largest absolute Gasteiger partial charge is 0.493 e. The van der Waals surface area contributed by atoms with Gasteiger partial charge in [-0.25, -0.2) is 4.98 Å². The molecule has 0 atom stereocenters. The van der Waals surface area contributed by atoms with Crippen LogP contribution in [0.2, 0.25) is 5.02 Å². The Morgan fingerprint density at radius 3 is 2.57 bits per heavy atom. The molecule has 0 aliphatic carbocycles. The molecule has 0 radical (unpaired) electrons. The van der Waals surface area contributed by atoms with Gasteiger partial charge in [0.05, 0.1) is 20.8 Å². The molecule has 2 aromatic rings. The van der Waals surface area contributed by atoms with Crippen LogP contribution in [0.1, 0.15) is 17.1 Å². The molecule has 5 nitrogen and oxygen atoms in total. The first-order valence-corrected chi connectivity index (χ1v) is 7.00. The van der Waals surface area contributed by atoms with Gasteiger partial charge < -0.3 is 14.5 Å². The van der Waals surface area contributed by atoms with Gasteiger partial charge in [0.2, 0.25) is 0 Å². The summed E-state index contributed by atoms with van der Waals surface area (Å²) in [6.45, 7) is 3.38. The lowest BCUT2D eigenvalue weighted by Crippen LogP contribution is -2.18. The van der Waals surface area contributed by atoms with Crippen molar-refractivity contribution in [1.29, 1.82) is 0 Å². The molecule has 0 spiro atoms. The van der Waals surface area contributed by atoms with Crippen LogP contribution in [0.4, 0.5) is 0 Å². The molecule has 6 heteroatoms. The normalized spacial score (nSPS) is 11.0. The summed E-state index contributed by atoms with van der Waals surface area (Å²) in [6.07, 6.45) is 1.83. The number of hydrogen-bond donors (Lipinski definition) is 1. The first kappa shape index (κ1) is 15.7. The maximum absolute atomic E-state index is 6.13. The fourth-order valence-electron chi connectivity index (χ4n) is 2.27. The van der Waals surface area contributed by atoms with Crippen LogP contribution in [0.15, 0.2) is 18.3 Å². The number of aromatic nitrogens is 2. The predicted octanol–water partition coefficient (Wildman–Crippen LogP) is 3.02. The number of aryl methyl sites for hydroxylation is 1. The number of H-pyrrole nitrogens is 1. The molecule has 0 saturated carbocycles. The van der Waals surface area contributed by atoms with Crippen LogP contribution in [0, 0.1) is 6.92 Å². The highest BCUT2D eigenvalue weighted by atomic mass is 35.5. The smallest absolute Gasteiger partial charge is 0.165 e. The molecule has 0 saturated heterocycles. The van der Waals surface area contributed by atoms with Gasteiger partial charge in [-0.05, 0) is 20.0 Å². The van der Waals surface area contributed by atoms with Crippen molar-refractivity contribution in [1.82, 2.24) is 14.9 Å². The van der Waals surface area contributed by atoms with Crippen LogP contribution in [-0.4, -0.2) is 36.1 Å². The lowest BCUT2D eigenvalue weighted by Gasteiger charge is -2.19. The van der Waals surface area contributed by atoms with Crippen LogP contribution in [0.5, 0.6) is 11.5 Å². The van der Waals surface area contributed by atoms with Crippen molar-refractivity contribution in [2.24, 2.45) is 0 Å². The monoisotopic (exact) mass is 309 g/mol. The molecule has 0 aliphatic rings. The van der Waals surface area contributed by atoms with E-state index in [1.807, 2.05) is 26.2 Å². The highest BCUT2D eigenvalue weighted by molar-refractivity contribution is 6.30. The second kappa shape index (κ2) is 6.83. The second-order valence-electron chi connectivity index (χ2n) is 4.99. The number of aromatic amines is 1. The maximum Gasteiger partial charge on any atom is 0.165 e. The molecule has 21 heavy (non-hydrogen) atoms. The summed E-state index contributed by atoms with van der Waals surface area (Å²) < 4.78 is 10.8. The standard InChI is InChI=1S/C15H20ClN3O2/c1-10-7-17-14(18-10)9-19(2)8-11-5-12(16)6-13(20-3)15(11)21-4/h5-7H,8-9H2,1-4H3,(H,17,18). The van der Waals surface area contributed by atoms with Crippen LogP contribution in [0.3, 0.4) is 0 Å². The molecule has 0 aliphatic heterocycles. The Morgan fingerprint density at radius 2 is 2.00 bits per heavy atom. The van der Waals surface area contributed by atoms with Crippen molar-refractivity contribution in [2.75, 3.05) is 21.3 Å². The number of imidazole rings is 1. The number of methoxy groups -OCH3 is 2. The van der Waals surface area contributed by atoms with Gasteiger partial charge in [0.25, 0.3) is 0 Å². The average molecular weight is 310 g/mol. The summed E-state index contributed by atoms with van der Waals surface area (Å²) in [5, 5.41) is 0.630. The molecule has 0 bridgehead atoms. The fraction of sp³-hybridized carbons (Fsp3) is 0.400. The second-order valence-corrected chi connectivity index (χ2v) is 5.42. The van der Waals surface area contributed by atoms with Gasteiger partial charge in [-0.2, -0.15) is 0 Å². The summed E-state index contributed by atoms with van der Waals surface area (Å²) in [5.74, 6) is 2.29. The quantitative estimate of drug-likeness (QED) is 0.891.